The molecule has 3 aromatic heterocycles. The van der Waals surface area contributed by atoms with E-state index < -0.39 is 5.25 Å². The molecule has 0 aliphatic carbocycles. The van der Waals surface area contributed by atoms with Gasteiger partial charge in [0.1, 0.15) is 12.3 Å². The fourth-order valence-corrected chi connectivity index (χ4v) is 2.58. The van der Waals surface area contributed by atoms with Gasteiger partial charge in [-0.25, -0.2) is 4.68 Å². The topological polar surface area (TPSA) is 112 Å². The van der Waals surface area contributed by atoms with Crippen LogP contribution in [0.2, 0.25) is 0 Å². The Labute approximate surface area is 135 Å². The minimum absolute atomic E-state index is 0.223. The Kier molecular flexibility index (Phi) is 4.42. The first-order chi connectivity index (χ1) is 11.1. The zero-order valence-corrected chi connectivity index (χ0v) is 13.3. The summed E-state index contributed by atoms with van der Waals surface area (Å²) < 4.78 is 11.8. The van der Waals surface area contributed by atoms with Crippen LogP contribution in [-0.4, -0.2) is 36.5 Å². The summed E-state index contributed by atoms with van der Waals surface area (Å²) in [6.45, 7) is 3.94. The zero-order valence-electron chi connectivity index (χ0n) is 12.5. The lowest BCUT2D eigenvalue weighted by Gasteiger charge is -2.09. The van der Waals surface area contributed by atoms with Crippen molar-refractivity contribution in [2.75, 3.05) is 5.32 Å². The number of hydrogen-bond donors (Lipinski definition) is 1. The lowest BCUT2D eigenvalue weighted by molar-refractivity contribution is -0.115. The number of nitrogens with one attached hydrogen (secondary N) is 1. The maximum absolute atomic E-state index is 12.2. The van der Waals surface area contributed by atoms with Crippen molar-refractivity contribution in [2.45, 2.75) is 30.8 Å². The van der Waals surface area contributed by atoms with Crippen LogP contribution in [0.25, 0.3) is 0 Å². The molecule has 0 fully saturated rings. The first kappa shape index (κ1) is 15.3. The molecule has 0 bridgehead atoms. The van der Waals surface area contributed by atoms with Crippen molar-refractivity contribution < 1.29 is 13.7 Å². The van der Waals surface area contributed by atoms with Gasteiger partial charge in [-0.05, 0) is 36.4 Å². The van der Waals surface area contributed by atoms with Crippen molar-refractivity contribution in [1.29, 1.82) is 0 Å². The highest BCUT2D eigenvalue weighted by atomic mass is 32.2. The monoisotopic (exact) mass is 334 g/mol. The number of tetrazole rings is 1. The van der Waals surface area contributed by atoms with Gasteiger partial charge in [0, 0.05) is 6.07 Å². The molecule has 3 rings (SSSR count). The Morgan fingerprint density at radius 1 is 1.52 bits per heavy atom. The van der Waals surface area contributed by atoms with Crippen molar-refractivity contribution in [3.63, 3.8) is 0 Å². The van der Waals surface area contributed by atoms with E-state index in [-0.39, 0.29) is 5.91 Å². The second-order valence-corrected chi connectivity index (χ2v) is 6.09. The third-order valence-corrected chi connectivity index (χ3v) is 3.98. The van der Waals surface area contributed by atoms with Crippen molar-refractivity contribution in [3.8, 4) is 0 Å². The molecule has 1 unspecified atom stereocenters. The normalized spacial score (nSPS) is 12.3. The van der Waals surface area contributed by atoms with Gasteiger partial charge in [0.15, 0.2) is 0 Å². The molecular weight excluding hydrogens is 320 g/mol. The quantitative estimate of drug-likeness (QED) is 0.678. The first-order valence-corrected chi connectivity index (χ1v) is 7.69. The maximum Gasteiger partial charge on any atom is 0.240 e. The molecule has 9 nitrogen and oxygen atoms in total. The van der Waals surface area contributed by atoms with Gasteiger partial charge in [0.05, 0.1) is 17.2 Å². The summed E-state index contributed by atoms with van der Waals surface area (Å²) in [7, 11) is 0. The van der Waals surface area contributed by atoms with E-state index in [4.69, 9.17) is 8.94 Å². The minimum atomic E-state index is -0.415. The second-order valence-electron chi connectivity index (χ2n) is 4.78. The molecular formula is C13H14N6O3S. The van der Waals surface area contributed by atoms with Crippen molar-refractivity contribution >= 4 is 23.6 Å². The van der Waals surface area contributed by atoms with Crippen LogP contribution in [0.15, 0.2) is 38.6 Å². The molecule has 1 amide bonds. The molecule has 3 heterocycles. The fourth-order valence-electron chi connectivity index (χ4n) is 1.79. The van der Waals surface area contributed by atoms with Crippen LogP contribution in [0.4, 0.5) is 5.88 Å². The number of thioether (sulfide) groups is 1. The number of furan rings is 1. The summed E-state index contributed by atoms with van der Waals surface area (Å²) >= 11 is 1.24. The number of aromatic nitrogens is 5. The van der Waals surface area contributed by atoms with Gasteiger partial charge in [0.25, 0.3) is 0 Å². The molecule has 0 radical (unpaired) electrons. The van der Waals surface area contributed by atoms with Crippen molar-refractivity contribution in [3.05, 3.63) is 35.9 Å². The highest BCUT2D eigenvalue weighted by molar-refractivity contribution is 8.00. The number of nitrogens with zero attached hydrogens (tertiary/aromatic N) is 5. The number of amides is 1. The van der Waals surface area contributed by atoms with E-state index in [1.807, 2.05) is 6.07 Å². The van der Waals surface area contributed by atoms with E-state index in [1.54, 1.807) is 36.9 Å². The molecule has 23 heavy (non-hydrogen) atoms. The van der Waals surface area contributed by atoms with Gasteiger partial charge in [-0.3, -0.25) is 10.1 Å². The number of carbonyl (C=O) groups excluding carboxylic acids is 1. The van der Waals surface area contributed by atoms with E-state index in [0.29, 0.717) is 23.3 Å². The van der Waals surface area contributed by atoms with Crippen molar-refractivity contribution in [1.82, 2.24) is 25.4 Å². The van der Waals surface area contributed by atoms with Gasteiger partial charge in [0.2, 0.25) is 16.9 Å². The van der Waals surface area contributed by atoms with E-state index in [1.165, 1.54) is 11.8 Å². The minimum Gasteiger partial charge on any atom is -0.467 e. The molecule has 3 aromatic rings. The summed E-state index contributed by atoms with van der Waals surface area (Å²) in [4.78, 5) is 12.2. The van der Waals surface area contributed by atoms with E-state index >= 15 is 0 Å². The Morgan fingerprint density at radius 3 is 3.09 bits per heavy atom. The van der Waals surface area contributed by atoms with Crippen LogP contribution in [0, 0.1) is 6.92 Å². The molecule has 0 spiro atoms. The zero-order chi connectivity index (χ0) is 16.2. The van der Waals surface area contributed by atoms with Crippen LogP contribution in [0.1, 0.15) is 18.4 Å². The number of aryl methyl sites for hydroxylation is 1. The summed E-state index contributed by atoms with van der Waals surface area (Å²) in [5, 5.41) is 18.0. The van der Waals surface area contributed by atoms with Crippen LogP contribution in [-0.2, 0) is 11.3 Å². The second kappa shape index (κ2) is 6.65. The molecule has 0 aliphatic rings. The fraction of sp³-hybridized carbons (Fsp3) is 0.308. The van der Waals surface area contributed by atoms with Crippen LogP contribution >= 0.6 is 11.8 Å². The molecule has 10 heteroatoms. The molecule has 0 saturated heterocycles. The summed E-state index contributed by atoms with van der Waals surface area (Å²) in [6, 6.07) is 5.27. The SMILES string of the molecule is Cc1cc(NC(=O)C(C)Sc2nnnn2Cc2ccco2)on1. The highest BCUT2D eigenvalue weighted by Gasteiger charge is 2.20. The molecule has 1 N–H and O–H groups in total. The van der Waals surface area contributed by atoms with E-state index in [2.05, 4.69) is 26.0 Å². The standard InChI is InChI=1S/C13H14N6O3S/c1-8-6-11(22-16-8)14-12(20)9(2)23-13-15-17-18-19(13)7-10-4-3-5-21-10/h3-6,9H,7H2,1-2H3,(H,14,20). The maximum atomic E-state index is 12.2. The molecule has 1 atom stereocenters. The smallest absolute Gasteiger partial charge is 0.240 e. The number of rotatable bonds is 6. The Bertz CT molecular complexity index is 781. The lowest BCUT2D eigenvalue weighted by atomic mass is 10.4. The van der Waals surface area contributed by atoms with Crippen LogP contribution in [0.3, 0.4) is 0 Å². The average Bonchev–Trinajstić information content (AvgIpc) is 3.24. The summed E-state index contributed by atoms with van der Waals surface area (Å²) in [5.74, 6) is 0.821. The third-order valence-electron chi connectivity index (χ3n) is 2.91. The van der Waals surface area contributed by atoms with E-state index in [9.17, 15) is 4.79 Å². The molecule has 0 saturated carbocycles. The number of hydrogen-bond acceptors (Lipinski definition) is 8. The lowest BCUT2D eigenvalue weighted by Crippen LogP contribution is -2.22. The number of anilines is 1. The summed E-state index contributed by atoms with van der Waals surface area (Å²) in [6.07, 6.45) is 1.59. The largest absolute Gasteiger partial charge is 0.467 e. The predicted molar refractivity (Wildman–Crippen MR) is 80.8 cm³/mol. The van der Waals surface area contributed by atoms with Gasteiger partial charge in [-0.15, -0.1) is 5.10 Å². The third kappa shape index (κ3) is 3.77. The van der Waals surface area contributed by atoms with Crippen molar-refractivity contribution in [2.24, 2.45) is 0 Å². The summed E-state index contributed by atoms with van der Waals surface area (Å²) in [5.41, 5.74) is 0.697. The van der Waals surface area contributed by atoms with E-state index in [0.717, 1.165) is 5.76 Å². The predicted octanol–water partition coefficient (Wildman–Crippen LogP) is 1.73. The Balaban J connectivity index is 1.62. The Morgan fingerprint density at radius 2 is 2.39 bits per heavy atom. The van der Waals surface area contributed by atoms with Gasteiger partial charge >= 0.3 is 0 Å². The average molecular weight is 334 g/mol. The first-order valence-electron chi connectivity index (χ1n) is 6.81. The van der Waals surface area contributed by atoms with Crippen LogP contribution < -0.4 is 5.32 Å². The molecule has 120 valence electrons. The molecule has 0 aliphatic heterocycles. The highest BCUT2D eigenvalue weighted by Crippen LogP contribution is 2.22. The van der Waals surface area contributed by atoms with Gasteiger partial charge in [-0.2, -0.15) is 0 Å². The van der Waals surface area contributed by atoms with Gasteiger partial charge in [-0.1, -0.05) is 16.9 Å². The number of carbonyl (C=O) groups is 1. The molecule has 0 aromatic carbocycles. The van der Waals surface area contributed by atoms with Gasteiger partial charge < -0.3 is 8.94 Å². The van der Waals surface area contributed by atoms with Crippen LogP contribution in [0.5, 0.6) is 0 Å². The Hall–Kier alpha value is -2.62.